The van der Waals surface area contributed by atoms with Crippen LogP contribution in [-0.2, 0) is 11.2 Å². The quantitative estimate of drug-likeness (QED) is 0.630. The number of benzene rings is 2. The van der Waals surface area contributed by atoms with Crippen LogP contribution in [-0.4, -0.2) is 25.7 Å². The minimum Gasteiger partial charge on any atom is -0.374 e. The molecule has 1 amide bonds. The van der Waals surface area contributed by atoms with E-state index >= 15 is 0 Å². The van der Waals surface area contributed by atoms with Crippen LogP contribution in [0, 0.1) is 11.3 Å². The number of rotatable bonds is 7. The van der Waals surface area contributed by atoms with Crippen LogP contribution in [0.3, 0.4) is 0 Å². The van der Waals surface area contributed by atoms with Gasteiger partial charge in [-0.15, -0.1) is 0 Å². The van der Waals surface area contributed by atoms with Gasteiger partial charge in [0.05, 0.1) is 25.1 Å². The Morgan fingerprint density at radius 2 is 1.92 bits per heavy atom. The van der Waals surface area contributed by atoms with Gasteiger partial charge in [-0.25, -0.2) is 5.43 Å². The second kappa shape index (κ2) is 9.11. The van der Waals surface area contributed by atoms with Crippen molar-refractivity contribution in [1.82, 2.24) is 5.43 Å². The monoisotopic (exact) mass is 320 g/mol. The summed E-state index contributed by atoms with van der Waals surface area (Å²) >= 11 is 0. The van der Waals surface area contributed by atoms with E-state index in [0.29, 0.717) is 19.4 Å². The topological polar surface area (TPSA) is 68.5 Å². The maximum Gasteiger partial charge on any atom is 0.244 e. The van der Waals surface area contributed by atoms with Gasteiger partial charge in [0.25, 0.3) is 0 Å². The summed E-state index contributed by atoms with van der Waals surface area (Å²) < 4.78 is 0. The molecule has 0 saturated heterocycles. The van der Waals surface area contributed by atoms with Gasteiger partial charge in [0, 0.05) is 19.3 Å². The molecule has 0 aromatic heterocycles. The molecule has 2 aromatic carbocycles. The van der Waals surface area contributed by atoms with Gasteiger partial charge in [-0.05, 0) is 23.3 Å². The Balaban J connectivity index is 1.83. The molecule has 5 nitrogen and oxygen atoms in total. The fraction of sp³-hybridized carbons (Fsp3) is 0.211. The third kappa shape index (κ3) is 5.58. The second-order valence-electron chi connectivity index (χ2n) is 5.38. The average molecular weight is 320 g/mol. The minimum absolute atomic E-state index is 0.148. The molecule has 2 rings (SSSR count). The largest absolute Gasteiger partial charge is 0.374 e. The van der Waals surface area contributed by atoms with E-state index in [9.17, 15) is 4.79 Å². The SMILES string of the molecule is CN(CCC#N)c1ccc(/C=N/NC(=O)Cc2ccccc2)cc1. The van der Waals surface area contributed by atoms with Crippen LogP contribution < -0.4 is 10.3 Å². The number of hydrogen-bond donors (Lipinski definition) is 1. The molecule has 1 N–H and O–H groups in total. The van der Waals surface area contributed by atoms with E-state index in [1.54, 1.807) is 6.21 Å². The summed E-state index contributed by atoms with van der Waals surface area (Å²) in [5.74, 6) is -0.148. The Labute approximate surface area is 142 Å². The molecule has 0 aliphatic heterocycles. The number of hydrogen-bond acceptors (Lipinski definition) is 4. The van der Waals surface area contributed by atoms with Crippen molar-refractivity contribution in [2.45, 2.75) is 12.8 Å². The lowest BCUT2D eigenvalue weighted by Gasteiger charge is -2.17. The summed E-state index contributed by atoms with van der Waals surface area (Å²) in [4.78, 5) is 13.8. The Morgan fingerprint density at radius 3 is 2.58 bits per heavy atom. The molecule has 122 valence electrons. The first-order valence-electron chi connectivity index (χ1n) is 7.73. The van der Waals surface area contributed by atoms with Crippen molar-refractivity contribution in [3.8, 4) is 6.07 Å². The Morgan fingerprint density at radius 1 is 1.21 bits per heavy atom. The molecule has 0 saturated carbocycles. The van der Waals surface area contributed by atoms with E-state index in [4.69, 9.17) is 5.26 Å². The molecule has 24 heavy (non-hydrogen) atoms. The summed E-state index contributed by atoms with van der Waals surface area (Å²) in [6, 6.07) is 19.4. The fourth-order valence-electron chi connectivity index (χ4n) is 2.16. The summed E-state index contributed by atoms with van der Waals surface area (Å²) in [6.45, 7) is 0.694. The number of amides is 1. The molecule has 0 heterocycles. The van der Waals surface area contributed by atoms with Crippen molar-refractivity contribution in [3.63, 3.8) is 0 Å². The predicted molar refractivity (Wildman–Crippen MR) is 95.8 cm³/mol. The average Bonchev–Trinajstić information content (AvgIpc) is 2.61. The molecule has 0 aliphatic carbocycles. The van der Waals surface area contributed by atoms with Gasteiger partial charge in [-0.1, -0.05) is 42.5 Å². The molecule has 0 spiro atoms. The van der Waals surface area contributed by atoms with Crippen LogP contribution in [0.1, 0.15) is 17.5 Å². The highest BCUT2D eigenvalue weighted by Crippen LogP contribution is 2.13. The van der Waals surface area contributed by atoms with Crippen LogP contribution in [0.15, 0.2) is 59.7 Å². The molecule has 0 unspecified atom stereocenters. The van der Waals surface area contributed by atoms with Crippen LogP contribution in [0.25, 0.3) is 0 Å². The van der Waals surface area contributed by atoms with Gasteiger partial charge < -0.3 is 4.90 Å². The van der Waals surface area contributed by atoms with E-state index in [1.807, 2.05) is 66.5 Å². The predicted octanol–water partition coefficient (Wildman–Crippen LogP) is 2.73. The van der Waals surface area contributed by atoms with E-state index in [-0.39, 0.29) is 5.91 Å². The normalized spacial score (nSPS) is 10.3. The molecule has 0 fully saturated rings. The van der Waals surface area contributed by atoms with Crippen molar-refractivity contribution >= 4 is 17.8 Å². The van der Waals surface area contributed by atoms with Crippen LogP contribution >= 0.6 is 0 Å². The summed E-state index contributed by atoms with van der Waals surface area (Å²) in [5, 5.41) is 12.6. The molecule has 5 heteroatoms. The molecular formula is C19H20N4O. The molecule has 0 bridgehead atoms. The Kier molecular flexibility index (Phi) is 6.54. The lowest BCUT2D eigenvalue weighted by atomic mass is 10.1. The zero-order chi connectivity index (χ0) is 17.2. The molecular weight excluding hydrogens is 300 g/mol. The third-order valence-corrected chi connectivity index (χ3v) is 3.50. The number of anilines is 1. The Hall–Kier alpha value is -3.13. The summed E-state index contributed by atoms with van der Waals surface area (Å²) in [7, 11) is 1.95. The molecule has 0 aliphatic rings. The van der Waals surface area contributed by atoms with E-state index in [2.05, 4.69) is 16.6 Å². The van der Waals surface area contributed by atoms with E-state index in [1.165, 1.54) is 0 Å². The number of nitrogens with zero attached hydrogens (tertiary/aromatic N) is 3. The van der Waals surface area contributed by atoms with Gasteiger partial charge in [0.2, 0.25) is 5.91 Å². The van der Waals surface area contributed by atoms with Crippen LogP contribution in [0.5, 0.6) is 0 Å². The minimum atomic E-state index is -0.148. The van der Waals surface area contributed by atoms with Gasteiger partial charge in [-0.2, -0.15) is 10.4 Å². The lowest BCUT2D eigenvalue weighted by Crippen LogP contribution is -2.19. The smallest absolute Gasteiger partial charge is 0.244 e. The van der Waals surface area contributed by atoms with Gasteiger partial charge in [-0.3, -0.25) is 4.79 Å². The molecule has 2 aromatic rings. The van der Waals surface area contributed by atoms with Gasteiger partial charge in [0.1, 0.15) is 0 Å². The highest BCUT2D eigenvalue weighted by Gasteiger charge is 2.01. The highest BCUT2D eigenvalue weighted by molar-refractivity contribution is 5.83. The number of carbonyl (C=O) groups excluding carboxylic acids is 1. The molecule has 0 radical (unpaired) electrons. The number of nitriles is 1. The van der Waals surface area contributed by atoms with E-state index in [0.717, 1.165) is 16.8 Å². The third-order valence-electron chi connectivity index (χ3n) is 3.50. The van der Waals surface area contributed by atoms with Crippen LogP contribution in [0.4, 0.5) is 5.69 Å². The van der Waals surface area contributed by atoms with Crippen molar-refractivity contribution < 1.29 is 4.79 Å². The summed E-state index contributed by atoms with van der Waals surface area (Å²) in [6.07, 6.45) is 2.41. The number of hydrazone groups is 1. The molecule has 0 atom stereocenters. The van der Waals surface area contributed by atoms with Crippen molar-refractivity contribution in [2.75, 3.05) is 18.5 Å². The first-order valence-corrected chi connectivity index (χ1v) is 7.73. The first kappa shape index (κ1) is 17.2. The lowest BCUT2D eigenvalue weighted by molar-refractivity contribution is -0.120. The van der Waals surface area contributed by atoms with Gasteiger partial charge >= 0.3 is 0 Å². The second-order valence-corrected chi connectivity index (χ2v) is 5.38. The first-order chi connectivity index (χ1) is 11.7. The fourth-order valence-corrected chi connectivity index (χ4v) is 2.16. The standard InChI is InChI=1S/C19H20N4O/c1-23(13-5-12-20)18-10-8-17(9-11-18)15-21-22-19(24)14-16-6-3-2-4-7-16/h2-4,6-11,15H,5,13-14H2,1H3,(H,22,24)/b21-15+. The van der Waals surface area contributed by atoms with Crippen LogP contribution in [0.2, 0.25) is 0 Å². The van der Waals surface area contributed by atoms with Crippen molar-refractivity contribution in [2.24, 2.45) is 5.10 Å². The number of carbonyl (C=O) groups is 1. The Bertz CT molecular complexity index is 717. The highest BCUT2D eigenvalue weighted by atomic mass is 16.2. The number of nitrogens with one attached hydrogen (secondary N) is 1. The maximum absolute atomic E-state index is 11.8. The van der Waals surface area contributed by atoms with Gasteiger partial charge in [0.15, 0.2) is 0 Å². The summed E-state index contributed by atoms with van der Waals surface area (Å²) in [5.41, 5.74) is 5.42. The zero-order valence-corrected chi connectivity index (χ0v) is 13.6. The maximum atomic E-state index is 11.8. The van der Waals surface area contributed by atoms with E-state index < -0.39 is 0 Å². The zero-order valence-electron chi connectivity index (χ0n) is 13.6. The van der Waals surface area contributed by atoms with Crippen molar-refractivity contribution in [1.29, 1.82) is 5.26 Å². The van der Waals surface area contributed by atoms with Crippen molar-refractivity contribution in [3.05, 3.63) is 65.7 Å².